The van der Waals surface area contributed by atoms with E-state index in [0.717, 1.165) is 27.6 Å². The Labute approximate surface area is 170 Å². The first-order valence-corrected chi connectivity index (χ1v) is 9.59. The van der Waals surface area contributed by atoms with Crippen molar-refractivity contribution in [2.75, 3.05) is 11.9 Å². The van der Waals surface area contributed by atoms with Gasteiger partial charge in [0.1, 0.15) is 0 Å². The van der Waals surface area contributed by atoms with E-state index in [1.165, 1.54) is 0 Å². The standard InChI is InChI=1S/C24H24N2O3/c1-16-6-5-9-21(17(16)2)26-24(29)15-25-23(28)13-12-22(27)20-11-10-18-7-3-4-8-19(18)14-20/h3-11,14H,12-13,15H2,1-2H3,(H,25,28)(H,26,29). The lowest BCUT2D eigenvalue weighted by atomic mass is 10.0. The second-order valence-corrected chi connectivity index (χ2v) is 7.06. The second kappa shape index (κ2) is 9.15. The maximum atomic E-state index is 12.4. The number of hydrogen-bond donors (Lipinski definition) is 2. The van der Waals surface area contributed by atoms with Gasteiger partial charge in [-0.25, -0.2) is 0 Å². The van der Waals surface area contributed by atoms with Crippen LogP contribution in [-0.2, 0) is 9.59 Å². The molecule has 0 atom stereocenters. The average molecular weight is 388 g/mol. The summed E-state index contributed by atoms with van der Waals surface area (Å²) in [6.07, 6.45) is 0.144. The Balaban J connectivity index is 1.47. The van der Waals surface area contributed by atoms with Gasteiger partial charge in [-0.15, -0.1) is 0 Å². The second-order valence-electron chi connectivity index (χ2n) is 7.06. The fraction of sp³-hybridized carbons (Fsp3) is 0.208. The van der Waals surface area contributed by atoms with Crippen LogP contribution in [0, 0.1) is 13.8 Å². The number of amides is 2. The first-order chi connectivity index (χ1) is 13.9. The maximum Gasteiger partial charge on any atom is 0.243 e. The summed E-state index contributed by atoms with van der Waals surface area (Å²) in [6, 6.07) is 19.0. The number of anilines is 1. The highest BCUT2D eigenvalue weighted by Gasteiger charge is 2.12. The first-order valence-electron chi connectivity index (χ1n) is 9.59. The van der Waals surface area contributed by atoms with Gasteiger partial charge in [-0.3, -0.25) is 14.4 Å². The largest absolute Gasteiger partial charge is 0.347 e. The quantitative estimate of drug-likeness (QED) is 0.597. The van der Waals surface area contributed by atoms with Crippen LogP contribution in [-0.4, -0.2) is 24.1 Å². The van der Waals surface area contributed by atoms with E-state index in [-0.39, 0.29) is 37.0 Å². The number of fused-ring (bicyclic) bond motifs is 1. The first kappa shape index (κ1) is 20.3. The molecule has 0 spiro atoms. The molecule has 148 valence electrons. The summed E-state index contributed by atoms with van der Waals surface area (Å²) in [6.45, 7) is 3.78. The van der Waals surface area contributed by atoms with Crippen molar-refractivity contribution in [3.63, 3.8) is 0 Å². The number of rotatable bonds is 7. The molecule has 0 radical (unpaired) electrons. The molecule has 0 aliphatic carbocycles. The molecule has 5 nitrogen and oxygen atoms in total. The summed E-state index contributed by atoms with van der Waals surface area (Å²) in [7, 11) is 0. The number of hydrogen-bond acceptors (Lipinski definition) is 3. The van der Waals surface area contributed by atoms with Gasteiger partial charge in [0.2, 0.25) is 11.8 Å². The van der Waals surface area contributed by atoms with Crippen molar-refractivity contribution in [1.29, 1.82) is 0 Å². The summed E-state index contributed by atoms with van der Waals surface area (Å²) >= 11 is 0. The molecule has 0 saturated carbocycles. The van der Waals surface area contributed by atoms with E-state index in [1.807, 2.05) is 68.4 Å². The predicted molar refractivity (Wildman–Crippen MR) is 115 cm³/mol. The van der Waals surface area contributed by atoms with Crippen LogP contribution in [0.25, 0.3) is 10.8 Å². The Bertz CT molecular complexity index is 1070. The molecular weight excluding hydrogens is 364 g/mol. The van der Waals surface area contributed by atoms with E-state index >= 15 is 0 Å². The molecule has 0 saturated heterocycles. The Hall–Kier alpha value is -3.47. The monoisotopic (exact) mass is 388 g/mol. The van der Waals surface area contributed by atoms with Crippen molar-refractivity contribution in [2.24, 2.45) is 0 Å². The minimum atomic E-state index is -0.324. The van der Waals surface area contributed by atoms with Gasteiger partial charge >= 0.3 is 0 Å². The van der Waals surface area contributed by atoms with Crippen LogP contribution in [0.15, 0.2) is 60.7 Å². The summed E-state index contributed by atoms with van der Waals surface area (Å²) in [5.41, 5.74) is 3.40. The minimum Gasteiger partial charge on any atom is -0.347 e. The zero-order valence-electron chi connectivity index (χ0n) is 16.6. The van der Waals surface area contributed by atoms with Gasteiger partial charge in [0.05, 0.1) is 6.54 Å². The molecule has 0 unspecified atom stereocenters. The SMILES string of the molecule is Cc1cccc(NC(=O)CNC(=O)CCC(=O)c2ccc3ccccc3c2)c1C. The molecule has 0 aliphatic heterocycles. The van der Waals surface area contributed by atoms with Crippen LogP contribution in [0.4, 0.5) is 5.69 Å². The summed E-state index contributed by atoms with van der Waals surface area (Å²) < 4.78 is 0. The molecule has 3 aromatic rings. The molecule has 0 heterocycles. The van der Waals surface area contributed by atoms with E-state index < -0.39 is 0 Å². The Morgan fingerprint density at radius 2 is 1.55 bits per heavy atom. The van der Waals surface area contributed by atoms with Gasteiger partial charge in [-0.2, -0.15) is 0 Å². The molecule has 3 rings (SSSR count). The highest BCUT2D eigenvalue weighted by Crippen LogP contribution is 2.18. The van der Waals surface area contributed by atoms with Crippen molar-refractivity contribution in [3.8, 4) is 0 Å². The van der Waals surface area contributed by atoms with E-state index in [9.17, 15) is 14.4 Å². The molecular formula is C24H24N2O3. The third-order valence-corrected chi connectivity index (χ3v) is 4.98. The fourth-order valence-corrected chi connectivity index (χ4v) is 3.08. The summed E-state index contributed by atoms with van der Waals surface area (Å²) in [5, 5.41) is 7.42. The predicted octanol–water partition coefficient (Wildman–Crippen LogP) is 4.17. The molecule has 0 aliphatic rings. The van der Waals surface area contributed by atoms with Crippen molar-refractivity contribution >= 4 is 34.1 Å². The molecule has 0 bridgehead atoms. The molecule has 0 fully saturated rings. The Kier molecular flexibility index (Phi) is 6.39. The van der Waals surface area contributed by atoms with Gasteiger partial charge in [-0.05, 0) is 47.9 Å². The van der Waals surface area contributed by atoms with E-state index in [0.29, 0.717) is 5.56 Å². The minimum absolute atomic E-state index is 0.0441. The number of benzene rings is 3. The lowest BCUT2D eigenvalue weighted by molar-refractivity contribution is -0.124. The zero-order chi connectivity index (χ0) is 20.8. The van der Waals surface area contributed by atoms with Crippen LogP contribution in [0.3, 0.4) is 0 Å². The van der Waals surface area contributed by atoms with Crippen LogP contribution in [0.1, 0.15) is 34.3 Å². The van der Waals surface area contributed by atoms with Gasteiger partial charge in [0.15, 0.2) is 5.78 Å². The summed E-state index contributed by atoms with van der Waals surface area (Å²) in [5.74, 6) is -0.714. The van der Waals surface area contributed by atoms with E-state index in [4.69, 9.17) is 0 Å². The van der Waals surface area contributed by atoms with Gasteiger partial charge < -0.3 is 10.6 Å². The number of carbonyl (C=O) groups is 3. The van der Waals surface area contributed by atoms with Crippen LogP contribution >= 0.6 is 0 Å². The van der Waals surface area contributed by atoms with Gasteiger partial charge in [-0.1, -0.05) is 48.5 Å². The molecule has 3 aromatic carbocycles. The van der Waals surface area contributed by atoms with E-state index in [2.05, 4.69) is 10.6 Å². The van der Waals surface area contributed by atoms with Crippen LogP contribution in [0.2, 0.25) is 0 Å². The maximum absolute atomic E-state index is 12.4. The van der Waals surface area contributed by atoms with Crippen LogP contribution in [0.5, 0.6) is 0 Å². The number of Topliss-reactive ketones (excluding diaryl/α,β-unsaturated/α-hetero) is 1. The third-order valence-electron chi connectivity index (χ3n) is 4.98. The molecule has 29 heavy (non-hydrogen) atoms. The number of aryl methyl sites for hydroxylation is 1. The third kappa shape index (κ3) is 5.29. The molecule has 2 N–H and O–H groups in total. The van der Waals surface area contributed by atoms with Gasteiger partial charge in [0, 0.05) is 24.1 Å². The Morgan fingerprint density at radius 1 is 0.793 bits per heavy atom. The summed E-state index contributed by atoms with van der Waals surface area (Å²) in [4.78, 5) is 36.5. The zero-order valence-corrected chi connectivity index (χ0v) is 16.6. The van der Waals surface area contributed by atoms with Crippen molar-refractivity contribution in [1.82, 2.24) is 5.32 Å². The number of carbonyl (C=O) groups excluding carboxylic acids is 3. The Morgan fingerprint density at radius 3 is 2.34 bits per heavy atom. The normalized spacial score (nSPS) is 10.6. The molecule has 0 aromatic heterocycles. The highest BCUT2D eigenvalue weighted by atomic mass is 16.2. The lowest BCUT2D eigenvalue weighted by Gasteiger charge is -2.11. The number of ketones is 1. The molecule has 2 amide bonds. The average Bonchev–Trinajstić information content (AvgIpc) is 2.73. The molecule has 5 heteroatoms. The lowest BCUT2D eigenvalue weighted by Crippen LogP contribution is -2.33. The van der Waals surface area contributed by atoms with Crippen molar-refractivity contribution < 1.29 is 14.4 Å². The van der Waals surface area contributed by atoms with Crippen LogP contribution < -0.4 is 10.6 Å². The number of nitrogens with one attached hydrogen (secondary N) is 2. The highest BCUT2D eigenvalue weighted by molar-refractivity contribution is 6.01. The van der Waals surface area contributed by atoms with E-state index in [1.54, 1.807) is 6.07 Å². The van der Waals surface area contributed by atoms with Crippen molar-refractivity contribution in [3.05, 3.63) is 77.4 Å². The van der Waals surface area contributed by atoms with Gasteiger partial charge in [0.25, 0.3) is 0 Å². The smallest absolute Gasteiger partial charge is 0.243 e. The fourth-order valence-electron chi connectivity index (χ4n) is 3.08. The van der Waals surface area contributed by atoms with Crippen molar-refractivity contribution in [2.45, 2.75) is 26.7 Å². The topological polar surface area (TPSA) is 75.3 Å².